The Morgan fingerprint density at radius 2 is 2.23 bits per heavy atom. The highest BCUT2D eigenvalue weighted by molar-refractivity contribution is 5.92. The van der Waals surface area contributed by atoms with Crippen LogP contribution in [0.1, 0.15) is 32.6 Å². The first-order valence-electron chi connectivity index (χ1n) is 7.37. The quantitative estimate of drug-likeness (QED) is 0.876. The molecule has 0 unspecified atom stereocenters. The van der Waals surface area contributed by atoms with E-state index in [0.29, 0.717) is 5.92 Å². The molecule has 1 aromatic rings. The highest BCUT2D eigenvalue weighted by atomic mass is 19.3. The maximum absolute atomic E-state index is 12.3. The minimum atomic E-state index is -2.97. The van der Waals surface area contributed by atoms with Gasteiger partial charge in [-0.15, -0.1) is 0 Å². The van der Waals surface area contributed by atoms with Gasteiger partial charge < -0.3 is 14.8 Å². The number of carbonyl (C=O) groups excluding carboxylic acids is 1. The molecular formula is C15H20F2N2O3. The molecule has 1 saturated carbocycles. The first-order valence-corrected chi connectivity index (χ1v) is 7.37. The number of hydrogen-bond donors (Lipinski definition) is 1. The molecule has 1 aromatic heterocycles. The maximum Gasteiger partial charge on any atom is 0.387 e. The van der Waals surface area contributed by atoms with E-state index in [4.69, 9.17) is 4.74 Å². The van der Waals surface area contributed by atoms with Crippen molar-refractivity contribution >= 4 is 11.7 Å². The fraction of sp³-hybridized carbons (Fsp3) is 0.600. The summed E-state index contributed by atoms with van der Waals surface area (Å²) >= 11 is 0. The summed E-state index contributed by atoms with van der Waals surface area (Å²) < 4.78 is 34.5. The van der Waals surface area contributed by atoms with Crippen LogP contribution in [0.25, 0.3) is 0 Å². The predicted octanol–water partition coefficient (Wildman–Crippen LogP) is 3.22. The molecule has 122 valence electrons. The monoisotopic (exact) mass is 314 g/mol. The minimum absolute atomic E-state index is 0.0342. The molecule has 0 aliphatic heterocycles. The summed E-state index contributed by atoms with van der Waals surface area (Å²) in [4.78, 5) is 15.7. The number of nitrogens with one attached hydrogen (secondary N) is 1. The minimum Gasteiger partial charge on any atom is -0.431 e. The molecule has 0 radical (unpaired) electrons. The van der Waals surface area contributed by atoms with Crippen molar-refractivity contribution in [2.45, 2.75) is 45.3 Å². The summed E-state index contributed by atoms with van der Waals surface area (Å²) in [5.41, 5.74) is 0. The van der Waals surface area contributed by atoms with Gasteiger partial charge >= 0.3 is 6.61 Å². The van der Waals surface area contributed by atoms with Crippen LogP contribution in [0.2, 0.25) is 0 Å². The van der Waals surface area contributed by atoms with E-state index in [0.717, 1.165) is 19.3 Å². The van der Waals surface area contributed by atoms with E-state index in [9.17, 15) is 13.6 Å². The zero-order chi connectivity index (χ0) is 15.9. The summed E-state index contributed by atoms with van der Waals surface area (Å²) in [5, 5.41) is 2.44. The van der Waals surface area contributed by atoms with E-state index in [1.807, 2.05) is 0 Å². The van der Waals surface area contributed by atoms with Crippen molar-refractivity contribution in [3.05, 3.63) is 18.3 Å². The molecule has 5 nitrogen and oxygen atoms in total. The van der Waals surface area contributed by atoms with Gasteiger partial charge in [0, 0.05) is 6.20 Å². The van der Waals surface area contributed by atoms with Gasteiger partial charge in [0.25, 0.3) is 5.91 Å². The molecule has 1 heterocycles. The van der Waals surface area contributed by atoms with Crippen molar-refractivity contribution in [3.63, 3.8) is 0 Å². The van der Waals surface area contributed by atoms with Gasteiger partial charge in [0.15, 0.2) is 11.6 Å². The number of amides is 1. The summed E-state index contributed by atoms with van der Waals surface area (Å²) in [6.07, 6.45) is 5.79. The van der Waals surface area contributed by atoms with E-state index in [1.54, 1.807) is 0 Å². The number of aromatic nitrogens is 1. The number of pyridine rings is 1. The van der Waals surface area contributed by atoms with Crippen molar-refractivity contribution in [3.8, 4) is 5.75 Å². The number of nitrogens with zero attached hydrogens (tertiary/aromatic N) is 1. The van der Waals surface area contributed by atoms with Crippen molar-refractivity contribution in [2.24, 2.45) is 5.92 Å². The normalized spacial score (nSPS) is 21.6. The molecule has 1 aliphatic carbocycles. The zero-order valence-corrected chi connectivity index (χ0v) is 12.4. The molecule has 1 amide bonds. The van der Waals surface area contributed by atoms with Crippen molar-refractivity contribution in [1.29, 1.82) is 0 Å². The first kappa shape index (κ1) is 16.6. The molecule has 1 fully saturated rings. The van der Waals surface area contributed by atoms with Gasteiger partial charge in [0.1, 0.15) is 6.61 Å². The van der Waals surface area contributed by atoms with Crippen molar-refractivity contribution in [2.75, 3.05) is 11.9 Å². The average Bonchev–Trinajstić information content (AvgIpc) is 2.48. The van der Waals surface area contributed by atoms with Crippen LogP contribution < -0.4 is 10.1 Å². The molecule has 1 aliphatic rings. The number of ether oxygens (including phenoxy) is 2. The highest BCUT2D eigenvalue weighted by Crippen LogP contribution is 2.26. The third-order valence-electron chi connectivity index (χ3n) is 3.71. The smallest absolute Gasteiger partial charge is 0.387 e. The van der Waals surface area contributed by atoms with Crippen LogP contribution in [0.5, 0.6) is 5.75 Å². The molecule has 0 spiro atoms. The molecule has 0 saturated heterocycles. The van der Waals surface area contributed by atoms with Crippen LogP contribution in [-0.4, -0.2) is 30.2 Å². The topological polar surface area (TPSA) is 60.5 Å². The SMILES string of the molecule is C[C@@H]1CCCC[C@H]1OCC(=O)Nc1ncccc1OC(F)F. The van der Waals surface area contributed by atoms with Crippen molar-refractivity contribution in [1.82, 2.24) is 4.98 Å². The lowest BCUT2D eigenvalue weighted by molar-refractivity contribution is -0.124. The van der Waals surface area contributed by atoms with Gasteiger partial charge in [-0.2, -0.15) is 8.78 Å². The Balaban J connectivity index is 1.86. The molecule has 1 N–H and O–H groups in total. The lowest BCUT2D eigenvalue weighted by Gasteiger charge is -2.28. The summed E-state index contributed by atoms with van der Waals surface area (Å²) in [7, 11) is 0. The Bertz CT molecular complexity index is 499. The summed E-state index contributed by atoms with van der Waals surface area (Å²) in [6.45, 7) is -0.992. The highest BCUT2D eigenvalue weighted by Gasteiger charge is 2.23. The van der Waals surface area contributed by atoms with Crippen LogP contribution in [0, 0.1) is 5.92 Å². The summed E-state index contributed by atoms with van der Waals surface area (Å²) in [6, 6.07) is 2.77. The fourth-order valence-corrected chi connectivity index (χ4v) is 2.56. The Hall–Kier alpha value is -1.76. The Labute approximate surface area is 128 Å². The number of anilines is 1. The van der Waals surface area contributed by atoms with E-state index in [-0.39, 0.29) is 24.3 Å². The van der Waals surface area contributed by atoms with Gasteiger partial charge in [-0.3, -0.25) is 4.79 Å². The van der Waals surface area contributed by atoms with E-state index < -0.39 is 12.5 Å². The van der Waals surface area contributed by atoms with Gasteiger partial charge in [-0.25, -0.2) is 4.98 Å². The molecule has 0 aromatic carbocycles. The average molecular weight is 314 g/mol. The third kappa shape index (κ3) is 4.91. The Kier molecular flexibility index (Phi) is 6.06. The second kappa shape index (κ2) is 8.03. The van der Waals surface area contributed by atoms with Crippen LogP contribution in [0.4, 0.5) is 14.6 Å². The van der Waals surface area contributed by atoms with Crippen LogP contribution >= 0.6 is 0 Å². The Morgan fingerprint density at radius 1 is 1.45 bits per heavy atom. The molecule has 22 heavy (non-hydrogen) atoms. The second-order valence-corrected chi connectivity index (χ2v) is 5.39. The maximum atomic E-state index is 12.3. The fourth-order valence-electron chi connectivity index (χ4n) is 2.56. The molecule has 2 atom stereocenters. The predicted molar refractivity (Wildman–Crippen MR) is 76.9 cm³/mol. The van der Waals surface area contributed by atoms with Crippen LogP contribution in [0.3, 0.4) is 0 Å². The van der Waals surface area contributed by atoms with Gasteiger partial charge in [0.05, 0.1) is 6.10 Å². The van der Waals surface area contributed by atoms with Crippen molar-refractivity contribution < 1.29 is 23.0 Å². The van der Waals surface area contributed by atoms with E-state index in [1.165, 1.54) is 24.8 Å². The van der Waals surface area contributed by atoms with Gasteiger partial charge in [-0.05, 0) is 30.9 Å². The van der Waals surface area contributed by atoms with Crippen LogP contribution in [-0.2, 0) is 9.53 Å². The number of alkyl halides is 2. The largest absolute Gasteiger partial charge is 0.431 e. The van der Waals surface area contributed by atoms with E-state index in [2.05, 4.69) is 22.0 Å². The zero-order valence-electron chi connectivity index (χ0n) is 12.4. The lowest BCUT2D eigenvalue weighted by Crippen LogP contribution is -2.30. The molecule has 2 rings (SSSR count). The molecule has 7 heteroatoms. The lowest BCUT2D eigenvalue weighted by atomic mass is 9.88. The van der Waals surface area contributed by atoms with Crippen LogP contribution in [0.15, 0.2) is 18.3 Å². The molecular weight excluding hydrogens is 294 g/mol. The standard InChI is InChI=1S/C15H20F2N2O3/c1-10-5-2-3-6-11(10)21-9-13(20)19-14-12(22-15(16)17)7-4-8-18-14/h4,7-8,10-11,15H,2-3,5-6,9H2,1H3,(H,18,19,20)/t10-,11-/m1/s1. The molecule has 0 bridgehead atoms. The van der Waals surface area contributed by atoms with Gasteiger partial charge in [-0.1, -0.05) is 19.8 Å². The number of carbonyl (C=O) groups is 1. The van der Waals surface area contributed by atoms with Gasteiger partial charge in [0.2, 0.25) is 0 Å². The number of halogens is 2. The summed E-state index contributed by atoms with van der Waals surface area (Å²) in [5.74, 6) is -0.213. The third-order valence-corrected chi connectivity index (χ3v) is 3.71. The van der Waals surface area contributed by atoms with E-state index >= 15 is 0 Å². The Morgan fingerprint density at radius 3 is 2.95 bits per heavy atom. The first-order chi connectivity index (χ1) is 10.6. The number of rotatable bonds is 6. The second-order valence-electron chi connectivity index (χ2n) is 5.39. The number of hydrogen-bond acceptors (Lipinski definition) is 4.